The molecule has 0 spiro atoms. The molecule has 0 saturated carbocycles. The maximum atomic E-state index is 11.9. The minimum Gasteiger partial charge on any atom is -0.311 e. The molecule has 0 aromatic carbocycles. The Morgan fingerprint density at radius 3 is 2.95 bits per heavy atom. The number of unbranched alkanes of at least 4 members (excludes halogenated alkanes) is 3. The van der Waals surface area contributed by atoms with Gasteiger partial charge in [0.05, 0.1) is 4.88 Å². The third kappa shape index (κ3) is 3.93. The molecule has 0 atom stereocenters. The number of thiophene rings is 1. The summed E-state index contributed by atoms with van der Waals surface area (Å²) in [6, 6.07) is 5.96. The van der Waals surface area contributed by atoms with Gasteiger partial charge in [0, 0.05) is 19.5 Å². The first-order chi connectivity index (χ1) is 9.70. The highest BCUT2D eigenvalue weighted by atomic mass is 32.1. The van der Waals surface area contributed by atoms with Crippen molar-refractivity contribution in [3.8, 4) is 10.6 Å². The molecule has 0 saturated heterocycles. The fraction of sp³-hybridized carbons (Fsp3) is 0.467. The van der Waals surface area contributed by atoms with Crippen LogP contribution in [0.25, 0.3) is 10.6 Å². The van der Waals surface area contributed by atoms with E-state index in [9.17, 15) is 4.79 Å². The lowest BCUT2D eigenvalue weighted by Crippen LogP contribution is -2.13. The molecule has 0 aliphatic heterocycles. The van der Waals surface area contributed by atoms with Gasteiger partial charge in [-0.05, 0) is 17.9 Å². The fourth-order valence-electron chi connectivity index (χ4n) is 2.05. The first-order valence-electron chi connectivity index (χ1n) is 7.08. The molecule has 2 aromatic rings. The number of aryl methyl sites for hydroxylation is 1. The number of anilines is 1. The first kappa shape index (κ1) is 14.8. The van der Waals surface area contributed by atoms with Gasteiger partial charge in [0.25, 0.3) is 0 Å². The molecule has 1 amide bonds. The average molecular weight is 291 g/mol. The summed E-state index contributed by atoms with van der Waals surface area (Å²) in [6.45, 7) is 2.17. The number of rotatable bonds is 7. The number of nitrogens with zero attached hydrogens (tertiary/aromatic N) is 2. The van der Waals surface area contributed by atoms with Gasteiger partial charge in [0.1, 0.15) is 11.5 Å². The number of carbonyl (C=O) groups excluding carboxylic acids is 1. The molecule has 0 aliphatic rings. The molecule has 108 valence electrons. The minimum atomic E-state index is 0.0711. The highest BCUT2D eigenvalue weighted by Crippen LogP contribution is 2.25. The molecule has 0 fully saturated rings. The van der Waals surface area contributed by atoms with Crippen LogP contribution in [0.4, 0.5) is 5.82 Å². The van der Waals surface area contributed by atoms with Crippen LogP contribution in [0.5, 0.6) is 0 Å². The van der Waals surface area contributed by atoms with Gasteiger partial charge in [0.15, 0.2) is 0 Å². The molecule has 1 N–H and O–H groups in total. The lowest BCUT2D eigenvalue weighted by atomic mass is 10.1. The predicted octanol–water partition coefficient (Wildman–Crippen LogP) is 4.06. The molecule has 5 heteroatoms. The van der Waals surface area contributed by atoms with E-state index in [-0.39, 0.29) is 5.91 Å². The second-order valence-corrected chi connectivity index (χ2v) is 5.82. The van der Waals surface area contributed by atoms with Crippen molar-refractivity contribution in [2.45, 2.75) is 39.0 Å². The largest absolute Gasteiger partial charge is 0.311 e. The van der Waals surface area contributed by atoms with Crippen LogP contribution in [-0.2, 0) is 11.8 Å². The van der Waals surface area contributed by atoms with Crippen LogP contribution in [0.2, 0.25) is 0 Å². The van der Waals surface area contributed by atoms with Gasteiger partial charge in [-0.1, -0.05) is 32.3 Å². The third-order valence-electron chi connectivity index (χ3n) is 3.18. The van der Waals surface area contributed by atoms with Crippen molar-refractivity contribution in [2.24, 2.45) is 7.05 Å². The molecule has 2 heterocycles. The van der Waals surface area contributed by atoms with Crippen molar-refractivity contribution in [2.75, 3.05) is 5.32 Å². The van der Waals surface area contributed by atoms with E-state index in [1.807, 2.05) is 30.6 Å². The molecule has 0 bridgehead atoms. The van der Waals surface area contributed by atoms with Gasteiger partial charge < -0.3 is 5.32 Å². The quantitative estimate of drug-likeness (QED) is 0.782. The zero-order chi connectivity index (χ0) is 14.4. The van der Waals surface area contributed by atoms with E-state index in [0.717, 1.165) is 29.2 Å². The van der Waals surface area contributed by atoms with E-state index in [1.54, 1.807) is 16.0 Å². The van der Waals surface area contributed by atoms with Crippen molar-refractivity contribution in [3.05, 3.63) is 23.6 Å². The zero-order valence-electron chi connectivity index (χ0n) is 12.1. The lowest BCUT2D eigenvalue weighted by molar-refractivity contribution is -0.116. The van der Waals surface area contributed by atoms with E-state index in [4.69, 9.17) is 0 Å². The summed E-state index contributed by atoms with van der Waals surface area (Å²) in [5, 5.41) is 9.39. The van der Waals surface area contributed by atoms with Crippen LogP contribution >= 0.6 is 11.3 Å². The molecule has 0 radical (unpaired) electrons. The van der Waals surface area contributed by atoms with Crippen LogP contribution in [0, 0.1) is 0 Å². The van der Waals surface area contributed by atoms with Crippen LogP contribution in [-0.4, -0.2) is 15.7 Å². The van der Waals surface area contributed by atoms with Crippen LogP contribution in [0.3, 0.4) is 0 Å². The Bertz CT molecular complexity index is 545. The van der Waals surface area contributed by atoms with Crippen molar-refractivity contribution >= 4 is 23.1 Å². The standard InChI is InChI=1S/C15H21N3OS/c1-3-4-5-6-9-15(19)16-14-11-12(17-18(14)2)13-8-7-10-20-13/h7-8,10-11H,3-6,9H2,1-2H3,(H,16,19). The summed E-state index contributed by atoms with van der Waals surface area (Å²) in [5.74, 6) is 0.829. The minimum absolute atomic E-state index is 0.0711. The second kappa shape index (κ2) is 7.24. The summed E-state index contributed by atoms with van der Waals surface area (Å²) in [6.07, 6.45) is 5.04. The van der Waals surface area contributed by atoms with Crippen molar-refractivity contribution in [3.63, 3.8) is 0 Å². The molecule has 2 rings (SSSR count). The Morgan fingerprint density at radius 1 is 1.40 bits per heavy atom. The second-order valence-electron chi connectivity index (χ2n) is 4.87. The number of carbonyl (C=O) groups is 1. The van der Waals surface area contributed by atoms with Crippen molar-refractivity contribution < 1.29 is 4.79 Å². The van der Waals surface area contributed by atoms with E-state index in [0.29, 0.717) is 6.42 Å². The van der Waals surface area contributed by atoms with Gasteiger partial charge in [0.2, 0.25) is 5.91 Å². The molecule has 0 aliphatic carbocycles. The summed E-state index contributed by atoms with van der Waals surface area (Å²) >= 11 is 1.65. The topological polar surface area (TPSA) is 46.9 Å². The summed E-state index contributed by atoms with van der Waals surface area (Å²) in [4.78, 5) is 13.0. The number of hydrogen-bond acceptors (Lipinski definition) is 3. The average Bonchev–Trinajstić information content (AvgIpc) is 3.05. The predicted molar refractivity (Wildman–Crippen MR) is 83.9 cm³/mol. The highest BCUT2D eigenvalue weighted by molar-refractivity contribution is 7.13. The van der Waals surface area contributed by atoms with E-state index >= 15 is 0 Å². The van der Waals surface area contributed by atoms with Crippen LogP contribution in [0.15, 0.2) is 23.6 Å². The molecular formula is C15H21N3OS. The maximum Gasteiger partial charge on any atom is 0.225 e. The maximum absolute atomic E-state index is 11.9. The highest BCUT2D eigenvalue weighted by Gasteiger charge is 2.10. The van der Waals surface area contributed by atoms with Crippen molar-refractivity contribution in [1.29, 1.82) is 0 Å². The Hall–Kier alpha value is -1.62. The summed E-state index contributed by atoms with van der Waals surface area (Å²) in [5.41, 5.74) is 0.906. The van der Waals surface area contributed by atoms with E-state index in [2.05, 4.69) is 17.3 Å². The Kier molecular flexibility index (Phi) is 5.35. The smallest absolute Gasteiger partial charge is 0.225 e. The fourth-order valence-corrected chi connectivity index (χ4v) is 2.73. The number of hydrogen-bond donors (Lipinski definition) is 1. The summed E-state index contributed by atoms with van der Waals surface area (Å²) < 4.78 is 1.72. The van der Waals surface area contributed by atoms with Gasteiger partial charge in [-0.15, -0.1) is 11.3 Å². The Morgan fingerprint density at radius 2 is 2.25 bits per heavy atom. The number of amides is 1. The molecule has 0 unspecified atom stereocenters. The van der Waals surface area contributed by atoms with Gasteiger partial charge in [-0.25, -0.2) is 0 Å². The van der Waals surface area contributed by atoms with Gasteiger partial charge in [-0.3, -0.25) is 9.48 Å². The van der Waals surface area contributed by atoms with E-state index in [1.165, 1.54) is 12.8 Å². The molecular weight excluding hydrogens is 270 g/mol. The van der Waals surface area contributed by atoms with Gasteiger partial charge in [-0.2, -0.15) is 5.10 Å². The van der Waals surface area contributed by atoms with Crippen LogP contribution < -0.4 is 5.32 Å². The van der Waals surface area contributed by atoms with Gasteiger partial charge >= 0.3 is 0 Å². The van der Waals surface area contributed by atoms with E-state index < -0.39 is 0 Å². The molecule has 4 nitrogen and oxygen atoms in total. The first-order valence-corrected chi connectivity index (χ1v) is 7.96. The Balaban J connectivity index is 1.91. The normalized spacial score (nSPS) is 10.7. The number of nitrogens with one attached hydrogen (secondary N) is 1. The Labute approximate surface area is 123 Å². The lowest BCUT2D eigenvalue weighted by Gasteiger charge is -2.04. The SMILES string of the molecule is CCCCCCC(=O)Nc1cc(-c2cccs2)nn1C. The van der Waals surface area contributed by atoms with Crippen LogP contribution in [0.1, 0.15) is 39.0 Å². The number of aromatic nitrogens is 2. The molecule has 20 heavy (non-hydrogen) atoms. The zero-order valence-corrected chi connectivity index (χ0v) is 12.9. The van der Waals surface area contributed by atoms with Crippen molar-refractivity contribution in [1.82, 2.24) is 9.78 Å². The monoisotopic (exact) mass is 291 g/mol. The molecule has 2 aromatic heterocycles. The summed E-state index contributed by atoms with van der Waals surface area (Å²) in [7, 11) is 1.85. The third-order valence-corrected chi connectivity index (χ3v) is 4.07.